The molecule has 4 rings (SSSR count). The summed E-state index contributed by atoms with van der Waals surface area (Å²) in [5.74, 6) is 0. The molecule has 1 heterocycles. The molecular weight excluding hydrogens is 310 g/mol. The van der Waals surface area contributed by atoms with E-state index in [2.05, 4.69) is 10.3 Å². The molecule has 0 N–H and O–H groups in total. The molecule has 4 nitrogen and oxygen atoms in total. The second-order valence-corrected chi connectivity index (χ2v) is 5.60. The van der Waals surface area contributed by atoms with Crippen molar-refractivity contribution in [2.24, 2.45) is 0 Å². The Bertz CT molecular complexity index is 1050. The smallest absolute Gasteiger partial charge is 0.152 e. The molecule has 120 valence electrons. The van der Waals surface area contributed by atoms with Gasteiger partial charge in [0, 0.05) is 11.1 Å². The number of aromatic nitrogens is 3. The lowest BCUT2D eigenvalue weighted by atomic mass is 10.0. The Morgan fingerprint density at radius 1 is 0.760 bits per heavy atom. The minimum Gasteiger partial charge on any atom is -0.298 e. The normalized spacial score (nSPS) is 12.0. The zero-order chi connectivity index (χ0) is 17.1. The second-order valence-electron chi connectivity index (χ2n) is 5.60. The van der Waals surface area contributed by atoms with Gasteiger partial charge in [-0.3, -0.25) is 4.79 Å². The molecule has 0 aliphatic rings. The summed E-state index contributed by atoms with van der Waals surface area (Å²) in [5, 5.41) is 8.55. The van der Waals surface area contributed by atoms with Crippen LogP contribution in [0.5, 0.6) is 0 Å². The number of rotatable bonds is 4. The van der Waals surface area contributed by atoms with Crippen molar-refractivity contribution in [2.45, 2.75) is 0 Å². The third kappa shape index (κ3) is 2.74. The summed E-state index contributed by atoms with van der Waals surface area (Å²) < 4.78 is 1.74. The lowest BCUT2D eigenvalue weighted by Gasteiger charge is -2.13. The van der Waals surface area contributed by atoms with E-state index in [4.69, 9.17) is 0 Å². The molecule has 0 saturated heterocycles. The van der Waals surface area contributed by atoms with Crippen molar-refractivity contribution in [1.82, 2.24) is 15.0 Å². The summed E-state index contributed by atoms with van der Waals surface area (Å²) in [6.45, 7) is 0. The zero-order valence-corrected chi connectivity index (χ0v) is 13.4. The predicted molar refractivity (Wildman–Crippen MR) is 98.7 cm³/mol. The number of hydrogen-bond donors (Lipinski definition) is 0. The predicted octanol–water partition coefficient (Wildman–Crippen LogP) is 4.05. The summed E-state index contributed by atoms with van der Waals surface area (Å²) in [7, 11) is 0. The highest BCUT2D eigenvalue weighted by Crippen LogP contribution is 2.28. The Kier molecular flexibility index (Phi) is 3.92. The average Bonchev–Trinajstić information content (AvgIpc) is 3.11. The van der Waals surface area contributed by atoms with Crippen LogP contribution >= 0.6 is 0 Å². The number of para-hydroxylation sites is 1. The fourth-order valence-electron chi connectivity index (χ4n) is 2.90. The van der Waals surface area contributed by atoms with Gasteiger partial charge < -0.3 is 0 Å². The van der Waals surface area contributed by atoms with Gasteiger partial charge >= 0.3 is 0 Å². The standard InChI is InChI=1S/C21H15N3O/c25-15-18(16-9-3-1-4-10-16)21(17-11-5-2-6-12-17)24-20-14-8-7-13-19(20)22-23-24/h1-15H/b21-18-. The van der Waals surface area contributed by atoms with Crippen LogP contribution in [-0.2, 0) is 4.79 Å². The molecule has 0 radical (unpaired) electrons. The van der Waals surface area contributed by atoms with Gasteiger partial charge in [-0.15, -0.1) is 5.10 Å². The fraction of sp³-hybridized carbons (Fsp3) is 0. The maximum Gasteiger partial charge on any atom is 0.152 e. The largest absolute Gasteiger partial charge is 0.298 e. The van der Waals surface area contributed by atoms with Crippen LogP contribution in [0.1, 0.15) is 11.1 Å². The average molecular weight is 325 g/mol. The van der Waals surface area contributed by atoms with Gasteiger partial charge in [0.15, 0.2) is 6.29 Å². The Morgan fingerprint density at radius 3 is 2.04 bits per heavy atom. The minimum atomic E-state index is 0.572. The van der Waals surface area contributed by atoms with E-state index in [0.29, 0.717) is 5.57 Å². The number of carbonyl (C=O) groups excluding carboxylic acids is 1. The van der Waals surface area contributed by atoms with Crippen molar-refractivity contribution in [3.63, 3.8) is 0 Å². The molecule has 0 aliphatic carbocycles. The van der Waals surface area contributed by atoms with Crippen LogP contribution in [0.15, 0.2) is 84.9 Å². The van der Waals surface area contributed by atoms with E-state index in [-0.39, 0.29) is 0 Å². The Labute approximate surface area is 145 Å². The summed E-state index contributed by atoms with van der Waals surface area (Å²) in [6.07, 6.45) is 0.883. The molecule has 0 amide bonds. The number of aldehydes is 1. The zero-order valence-electron chi connectivity index (χ0n) is 13.4. The van der Waals surface area contributed by atoms with Crippen molar-refractivity contribution in [2.75, 3.05) is 0 Å². The highest BCUT2D eigenvalue weighted by Gasteiger charge is 2.17. The molecule has 3 aromatic carbocycles. The van der Waals surface area contributed by atoms with E-state index >= 15 is 0 Å². The molecule has 25 heavy (non-hydrogen) atoms. The molecule has 0 unspecified atom stereocenters. The van der Waals surface area contributed by atoms with Crippen LogP contribution in [0.4, 0.5) is 0 Å². The number of nitrogens with zero attached hydrogens (tertiary/aromatic N) is 3. The highest BCUT2D eigenvalue weighted by atomic mass is 16.1. The quantitative estimate of drug-likeness (QED) is 0.323. The first-order chi connectivity index (χ1) is 12.4. The van der Waals surface area contributed by atoms with E-state index in [9.17, 15) is 4.79 Å². The molecule has 4 aromatic rings. The fourth-order valence-corrected chi connectivity index (χ4v) is 2.90. The highest BCUT2D eigenvalue weighted by molar-refractivity contribution is 6.17. The van der Waals surface area contributed by atoms with Crippen molar-refractivity contribution in [3.8, 4) is 0 Å². The van der Waals surface area contributed by atoms with Crippen LogP contribution in [0.2, 0.25) is 0 Å². The molecular formula is C21H15N3O. The second kappa shape index (κ2) is 6.53. The van der Waals surface area contributed by atoms with Gasteiger partial charge in [0.1, 0.15) is 5.52 Å². The molecule has 0 aliphatic heterocycles. The summed E-state index contributed by atoms with van der Waals surface area (Å²) in [5.41, 5.74) is 4.68. The Morgan fingerprint density at radius 2 is 1.36 bits per heavy atom. The van der Waals surface area contributed by atoms with Gasteiger partial charge in [-0.25, -0.2) is 4.68 Å². The first-order valence-corrected chi connectivity index (χ1v) is 7.99. The number of allylic oxidation sites excluding steroid dienone is 1. The minimum absolute atomic E-state index is 0.572. The van der Waals surface area contributed by atoms with E-state index < -0.39 is 0 Å². The first-order valence-electron chi connectivity index (χ1n) is 7.99. The third-order valence-corrected chi connectivity index (χ3v) is 4.07. The van der Waals surface area contributed by atoms with E-state index in [1.807, 2.05) is 84.9 Å². The molecule has 0 spiro atoms. The maximum atomic E-state index is 12.0. The summed E-state index contributed by atoms with van der Waals surface area (Å²) >= 11 is 0. The first kappa shape index (κ1) is 15.0. The molecule has 0 saturated carbocycles. The van der Waals surface area contributed by atoms with Gasteiger partial charge in [-0.05, 0) is 17.7 Å². The van der Waals surface area contributed by atoms with Crippen molar-refractivity contribution in [1.29, 1.82) is 0 Å². The topological polar surface area (TPSA) is 47.8 Å². The van der Waals surface area contributed by atoms with Gasteiger partial charge in [0.25, 0.3) is 0 Å². The van der Waals surface area contributed by atoms with Gasteiger partial charge in [0.05, 0.1) is 11.2 Å². The third-order valence-electron chi connectivity index (χ3n) is 4.07. The number of carbonyl (C=O) groups is 1. The summed E-state index contributed by atoms with van der Waals surface area (Å²) in [6, 6.07) is 27.1. The van der Waals surface area contributed by atoms with Crippen LogP contribution in [-0.4, -0.2) is 21.3 Å². The van der Waals surface area contributed by atoms with Crippen LogP contribution in [0.25, 0.3) is 22.3 Å². The van der Waals surface area contributed by atoms with Crippen molar-refractivity contribution >= 4 is 28.6 Å². The van der Waals surface area contributed by atoms with Gasteiger partial charge in [0.2, 0.25) is 0 Å². The molecule has 0 fully saturated rings. The van der Waals surface area contributed by atoms with E-state index in [1.165, 1.54) is 0 Å². The monoisotopic (exact) mass is 325 g/mol. The summed E-state index contributed by atoms with van der Waals surface area (Å²) in [4.78, 5) is 12.0. The SMILES string of the molecule is O=C/C(=C(\c1ccccc1)n1nnc2ccccc21)c1ccccc1. The molecule has 4 heteroatoms. The maximum absolute atomic E-state index is 12.0. The number of hydrogen-bond acceptors (Lipinski definition) is 3. The molecule has 0 bridgehead atoms. The van der Waals surface area contributed by atoms with Crippen molar-refractivity contribution in [3.05, 3.63) is 96.1 Å². The molecule has 0 atom stereocenters. The van der Waals surface area contributed by atoms with Crippen LogP contribution in [0.3, 0.4) is 0 Å². The van der Waals surface area contributed by atoms with Gasteiger partial charge in [-0.1, -0.05) is 78.0 Å². The number of benzene rings is 3. The Hall–Kier alpha value is -3.53. The lowest BCUT2D eigenvalue weighted by molar-refractivity contribution is -0.103. The molecule has 1 aromatic heterocycles. The van der Waals surface area contributed by atoms with Crippen LogP contribution < -0.4 is 0 Å². The lowest BCUT2D eigenvalue weighted by Crippen LogP contribution is -2.06. The van der Waals surface area contributed by atoms with Gasteiger partial charge in [-0.2, -0.15) is 0 Å². The number of fused-ring (bicyclic) bond motifs is 1. The van der Waals surface area contributed by atoms with E-state index in [0.717, 1.165) is 34.1 Å². The Balaban J connectivity index is 2.07. The van der Waals surface area contributed by atoms with Crippen molar-refractivity contribution < 1.29 is 4.79 Å². The van der Waals surface area contributed by atoms with Crippen LogP contribution in [0, 0.1) is 0 Å². The van der Waals surface area contributed by atoms with E-state index in [1.54, 1.807) is 4.68 Å².